The third-order valence-corrected chi connectivity index (χ3v) is 2.40. The summed E-state index contributed by atoms with van der Waals surface area (Å²) in [5, 5.41) is 3.09. The van der Waals surface area contributed by atoms with Crippen LogP contribution in [-0.4, -0.2) is 49.7 Å². The van der Waals surface area contributed by atoms with E-state index in [0.29, 0.717) is 0 Å². The number of ether oxygens (including phenoxy) is 1. The van der Waals surface area contributed by atoms with E-state index in [0.717, 1.165) is 32.6 Å². The number of amides is 1. The average Bonchev–Trinajstić information content (AvgIpc) is 1.79. The van der Waals surface area contributed by atoms with Crippen LogP contribution < -0.4 is 5.32 Å². The van der Waals surface area contributed by atoms with Crippen LogP contribution in [0.5, 0.6) is 0 Å². The molecule has 1 N–H and O–H groups in total. The molecule has 0 aliphatic carbocycles. The molecule has 2 heterocycles. The van der Waals surface area contributed by atoms with Gasteiger partial charge in [0.2, 0.25) is 5.91 Å². The number of likely N-dealkylation sites (tertiary alicyclic amines) is 1. The van der Waals surface area contributed by atoms with Gasteiger partial charge in [0.05, 0.1) is 6.10 Å². The summed E-state index contributed by atoms with van der Waals surface area (Å²) in [5.41, 5.74) is 0. The molecule has 0 atom stereocenters. The van der Waals surface area contributed by atoms with Gasteiger partial charge in [0.25, 0.3) is 0 Å². The van der Waals surface area contributed by atoms with Crippen molar-refractivity contribution < 1.29 is 9.53 Å². The van der Waals surface area contributed by atoms with E-state index in [2.05, 4.69) is 5.32 Å². The van der Waals surface area contributed by atoms with E-state index >= 15 is 0 Å². The first-order valence-corrected chi connectivity index (χ1v) is 4.46. The average molecular weight is 170 g/mol. The number of nitrogens with one attached hydrogen (secondary N) is 1. The van der Waals surface area contributed by atoms with E-state index in [9.17, 15) is 4.79 Å². The minimum atomic E-state index is 0.146. The van der Waals surface area contributed by atoms with E-state index in [1.807, 2.05) is 4.90 Å². The molecule has 2 rings (SSSR count). The van der Waals surface area contributed by atoms with Gasteiger partial charge in [-0.15, -0.1) is 0 Å². The second-order valence-corrected chi connectivity index (χ2v) is 3.33. The van der Waals surface area contributed by atoms with Crippen LogP contribution in [-0.2, 0) is 9.53 Å². The Balaban J connectivity index is 1.61. The van der Waals surface area contributed by atoms with Gasteiger partial charge in [-0.2, -0.15) is 0 Å². The van der Waals surface area contributed by atoms with Crippen LogP contribution in [0.4, 0.5) is 0 Å². The van der Waals surface area contributed by atoms with Crippen molar-refractivity contribution in [1.82, 2.24) is 10.2 Å². The number of nitrogens with zero attached hydrogens (tertiary/aromatic N) is 1. The van der Waals surface area contributed by atoms with Gasteiger partial charge in [0.1, 0.15) is 6.61 Å². The molecule has 0 radical (unpaired) electrons. The highest BCUT2D eigenvalue weighted by Gasteiger charge is 2.23. The summed E-state index contributed by atoms with van der Waals surface area (Å²) in [5.74, 6) is 0.146. The molecule has 2 saturated heterocycles. The Morgan fingerprint density at radius 1 is 1.50 bits per heavy atom. The van der Waals surface area contributed by atoms with Crippen molar-refractivity contribution in [2.75, 3.05) is 32.8 Å². The first-order chi connectivity index (χ1) is 5.86. The fourth-order valence-electron chi connectivity index (χ4n) is 1.23. The lowest BCUT2D eigenvalue weighted by molar-refractivity contribution is -0.142. The smallest absolute Gasteiger partial charge is 0.248 e. The number of carbonyl (C=O) groups excluding carboxylic acids is 1. The van der Waals surface area contributed by atoms with Crippen LogP contribution in [0.1, 0.15) is 6.42 Å². The van der Waals surface area contributed by atoms with Crippen LogP contribution in [0.2, 0.25) is 0 Å². The van der Waals surface area contributed by atoms with Crippen molar-refractivity contribution in [3.63, 3.8) is 0 Å². The summed E-state index contributed by atoms with van der Waals surface area (Å²) in [7, 11) is 0. The lowest BCUT2D eigenvalue weighted by Crippen LogP contribution is -2.51. The van der Waals surface area contributed by atoms with Crippen LogP contribution in [0.3, 0.4) is 0 Å². The van der Waals surface area contributed by atoms with E-state index in [-0.39, 0.29) is 18.6 Å². The third-order valence-electron chi connectivity index (χ3n) is 2.40. The molecule has 0 saturated carbocycles. The van der Waals surface area contributed by atoms with Crippen molar-refractivity contribution in [3.05, 3.63) is 0 Å². The van der Waals surface area contributed by atoms with Crippen molar-refractivity contribution in [1.29, 1.82) is 0 Å². The molecule has 2 aliphatic heterocycles. The molecule has 0 aromatic heterocycles. The monoisotopic (exact) mass is 170 g/mol. The number of hydrogen-bond acceptors (Lipinski definition) is 3. The van der Waals surface area contributed by atoms with E-state index in [4.69, 9.17) is 4.74 Å². The number of carbonyl (C=O) groups is 1. The highest BCUT2D eigenvalue weighted by atomic mass is 16.5. The lowest BCUT2D eigenvalue weighted by atomic mass is 10.2. The van der Waals surface area contributed by atoms with Crippen molar-refractivity contribution in [2.45, 2.75) is 12.5 Å². The Morgan fingerprint density at radius 2 is 2.25 bits per heavy atom. The molecule has 2 aliphatic rings. The van der Waals surface area contributed by atoms with Crippen LogP contribution in [0, 0.1) is 0 Å². The maximum absolute atomic E-state index is 11.3. The zero-order chi connectivity index (χ0) is 8.39. The Kier molecular flexibility index (Phi) is 2.28. The molecule has 0 bridgehead atoms. The Labute approximate surface area is 71.9 Å². The van der Waals surface area contributed by atoms with Gasteiger partial charge < -0.3 is 15.0 Å². The van der Waals surface area contributed by atoms with Gasteiger partial charge in [-0.1, -0.05) is 0 Å². The summed E-state index contributed by atoms with van der Waals surface area (Å²) in [6, 6.07) is 0. The van der Waals surface area contributed by atoms with Gasteiger partial charge in [-0.3, -0.25) is 4.79 Å². The zero-order valence-corrected chi connectivity index (χ0v) is 7.08. The summed E-state index contributed by atoms with van der Waals surface area (Å²) in [6.07, 6.45) is 1.42. The minimum Gasteiger partial charge on any atom is -0.366 e. The number of hydrogen-bond donors (Lipinski definition) is 1. The normalized spacial score (nSPS) is 23.2. The highest BCUT2D eigenvalue weighted by Crippen LogP contribution is 2.06. The molecule has 0 unspecified atom stereocenters. The third kappa shape index (κ3) is 1.59. The standard InChI is InChI=1S/C8H14N2O2/c11-8(10-2-1-3-10)6-12-7-4-9-5-7/h7,9H,1-6H2. The first kappa shape index (κ1) is 8.01. The van der Waals surface area contributed by atoms with E-state index in [1.165, 1.54) is 0 Å². The van der Waals surface area contributed by atoms with Gasteiger partial charge >= 0.3 is 0 Å². The van der Waals surface area contributed by atoms with Gasteiger partial charge in [0.15, 0.2) is 0 Å². The fraction of sp³-hybridized carbons (Fsp3) is 0.875. The maximum Gasteiger partial charge on any atom is 0.248 e. The molecule has 4 nitrogen and oxygen atoms in total. The molecule has 0 aromatic carbocycles. The largest absolute Gasteiger partial charge is 0.366 e. The second-order valence-electron chi connectivity index (χ2n) is 3.33. The van der Waals surface area contributed by atoms with Gasteiger partial charge in [0, 0.05) is 26.2 Å². The van der Waals surface area contributed by atoms with Crippen LogP contribution in [0.15, 0.2) is 0 Å². The van der Waals surface area contributed by atoms with Crippen molar-refractivity contribution in [2.24, 2.45) is 0 Å². The predicted octanol–water partition coefficient (Wildman–Crippen LogP) is -0.793. The number of rotatable bonds is 3. The molecule has 2 fully saturated rings. The Morgan fingerprint density at radius 3 is 2.67 bits per heavy atom. The topological polar surface area (TPSA) is 41.6 Å². The summed E-state index contributed by atoms with van der Waals surface area (Å²) in [4.78, 5) is 13.1. The van der Waals surface area contributed by atoms with E-state index in [1.54, 1.807) is 0 Å². The van der Waals surface area contributed by atoms with Gasteiger partial charge in [-0.05, 0) is 6.42 Å². The lowest BCUT2D eigenvalue weighted by Gasteiger charge is -2.32. The molecule has 68 valence electrons. The fourth-order valence-corrected chi connectivity index (χ4v) is 1.23. The molecular formula is C8H14N2O2. The maximum atomic E-state index is 11.3. The Hall–Kier alpha value is -0.610. The molecule has 4 heteroatoms. The predicted molar refractivity (Wildman–Crippen MR) is 43.8 cm³/mol. The van der Waals surface area contributed by atoms with Crippen LogP contribution >= 0.6 is 0 Å². The zero-order valence-electron chi connectivity index (χ0n) is 7.08. The minimum absolute atomic E-state index is 0.146. The van der Waals surface area contributed by atoms with Gasteiger partial charge in [-0.25, -0.2) is 0 Å². The highest BCUT2D eigenvalue weighted by molar-refractivity contribution is 5.78. The molecule has 0 spiro atoms. The summed E-state index contributed by atoms with van der Waals surface area (Å²) >= 11 is 0. The first-order valence-electron chi connectivity index (χ1n) is 4.46. The summed E-state index contributed by atoms with van der Waals surface area (Å²) < 4.78 is 5.34. The van der Waals surface area contributed by atoms with Crippen molar-refractivity contribution in [3.8, 4) is 0 Å². The second kappa shape index (κ2) is 3.41. The van der Waals surface area contributed by atoms with Crippen molar-refractivity contribution >= 4 is 5.91 Å². The SMILES string of the molecule is O=C(COC1CNC1)N1CCC1. The molecule has 12 heavy (non-hydrogen) atoms. The molecule has 0 aromatic rings. The van der Waals surface area contributed by atoms with Crippen LogP contribution in [0.25, 0.3) is 0 Å². The summed E-state index contributed by atoms with van der Waals surface area (Å²) in [6.45, 7) is 3.91. The molecule has 1 amide bonds. The quantitative estimate of drug-likeness (QED) is 0.603. The Bertz CT molecular complexity index is 176. The van der Waals surface area contributed by atoms with E-state index < -0.39 is 0 Å². The molecular weight excluding hydrogens is 156 g/mol.